The second-order valence-corrected chi connectivity index (χ2v) is 8.02. The van der Waals surface area contributed by atoms with Gasteiger partial charge in [-0.1, -0.05) is 13.8 Å². The van der Waals surface area contributed by atoms with Crippen LogP contribution in [0.5, 0.6) is 0 Å². The van der Waals surface area contributed by atoms with Crippen molar-refractivity contribution in [2.45, 2.75) is 64.5 Å². The summed E-state index contributed by atoms with van der Waals surface area (Å²) in [4.78, 5) is 27.7. The van der Waals surface area contributed by atoms with Crippen LogP contribution in [0.2, 0.25) is 0 Å². The lowest BCUT2D eigenvalue weighted by Crippen LogP contribution is -2.47. The van der Waals surface area contributed by atoms with Crippen molar-refractivity contribution in [2.75, 3.05) is 26.2 Å². The molecule has 6 heteroatoms. The normalized spacial score (nSPS) is 25.5. The fourth-order valence-electron chi connectivity index (χ4n) is 4.13. The lowest BCUT2D eigenvalue weighted by Gasteiger charge is -2.38. The Hall–Kier alpha value is -1.74. The van der Waals surface area contributed by atoms with Crippen LogP contribution in [-0.2, 0) is 4.79 Å². The van der Waals surface area contributed by atoms with E-state index in [9.17, 15) is 14.7 Å². The lowest BCUT2D eigenvalue weighted by atomic mass is 9.92. The summed E-state index contributed by atoms with van der Waals surface area (Å²) in [6.45, 7) is 7.30. The van der Waals surface area contributed by atoms with Gasteiger partial charge in [0.1, 0.15) is 0 Å². The molecule has 0 aromatic carbocycles. The molecule has 0 aliphatic carbocycles. The summed E-state index contributed by atoms with van der Waals surface area (Å²) in [7, 11) is 0. The average Bonchev–Trinajstić information content (AvgIpc) is 2.83. The Morgan fingerprint density at radius 2 is 1.92 bits per heavy atom. The summed E-state index contributed by atoms with van der Waals surface area (Å²) in [5.41, 5.74) is 0. The number of carbonyl (C=O) groups is 2. The van der Waals surface area contributed by atoms with Crippen molar-refractivity contribution < 1.29 is 14.7 Å². The van der Waals surface area contributed by atoms with Crippen molar-refractivity contribution in [1.82, 2.24) is 15.1 Å². The number of likely N-dealkylation sites (tertiary alicyclic amines) is 2. The molecule has 2 fully saturated rings. The third-order valence-electron chi connectivity index (χ3n) is 5.62. The molecule has 2 amide bonds. The predicted octanol–water partition coefficient (Wildman–Crippen LogP) is 2.39. The van der Waals surface area contributed by atoms with Gasteiger partial charge in [-0.25, -0.2) is 4.79 Å². The third kappa shape index (κ3) is 5.63. The van der Waals surface area contributed by atoms with Crippen LogP contribution in [0, 0.1) is 24.2 Å². The Morgan fingerprint density at radius 3 is 2.50 bits per heavy atom. The lowest BCUT2D eigenvalue weighted by molar-refractivity contribution is -0.126. The second-order valence-electron chi connectivity index (χ2n) is 8.02. The number of hydrogen-bond acceptors (Lipinski definition) is 3. The Bertz CT molecular complexity index is 521. The van der Waals surface area contributed by atoms with Gasteiger partial charge in [0.2, 0.25) is 5.91 Å². The van der Waals surface area contributed by atoms with Gasteiger partial charge in [0.25, 0.3) is 0 Å². The highest BCUT2D eigenvalue weighted by Gasteiger charge is 2.34. The van der Waals surface area contributed by atoms with Crippen LogP contribution < -0.4 is 5.32 Å². The van der Waals surface area contributed by atoms with Crippen molar-refractivity contribution in [3.8, 4) is 12.3 Å². The molecule has 0 bridgehead atoms. The second kappa shape index (κ2) is 9.82. The Morgan fingerprint density at radius 1 is 1.23 bits per heavy atom. The summed E-state index contributed by atoms with van der Waals surface area (Å²) in [6, 6.07) is 0.259. The minimum absolute atomic E-state index is 0.0999. The molecule has 2 aliphatic heterocycles. The van der Waals surface area contributed by atoms with E-state index in [1.54, 1.807) is 0 Å². The van der Waals surface area contributed by atoms with E-state index in [-0.39, 0.29) is 17.9 Å². The first-order chi connectivity index (χ1) is 12.4. The van der Waals surface area contributed by atoms with E-state index in [4.69, 9.17) is 6.42 Å². The molecule has 2 unspecified atom stereocenters. The van der Waals surface area contributed by atoms with Crippen LogP contribution in [-0.4, -0.2) is 65.2 Å². The maximum atomic E-state index is 12.3. The van der Waals surface area contributed by atoms with Gasteiger partial charge in [-0.15, -0.1) is 12.3 Å². The number of piperidine rings is 1. The summed E-state index contributed by atoms with van der Waals surface area (Å²) in [6.07, 6.45) is 9.48. The van der Waals surface area contributed by atoms with E-state index in [0.717, 1.165) is 51.7 Å². The first-order valence-corrected chi connectivity index (χ1v) is 9.87. The highest BCUT2D eigenvalue weighted by atomic mass is 16.4. The van der Waals surface area contributed by atoms with Gasteiger partial charge in [-0.3, -0.25) is 4.79 Å². The van der Waals surface area contributed by atoms with Crippen molar-refractivity contribution in [3.05, 3.63) is 0 Å². The number of nitrogens with zero attached hydrogens (tertiary/aromatic N) is 2. The maximum Gasteiger partial charge on any atom is 0.407 e. The van der Waals surface area contributed by atoms with Crippen molar-refractivity contribution in [2.24, 2.45) is 11.8 Å². The Labute approximate surface area is 157 Å². The van der Waals surface area contributed by atoms with Crippen molar-refractivity contribution in [1.29, 1.82) is 0 Å². The molecule has 0 saturated carbocycles. The van der Waals surface area contributed by atoms with Crippen LogP contribution >= 0.6 is 0 Å². The summed E-state index contributed by atoms with van der Waals surface area (Å²) >= 11 is 0. The van der Waals surface area contributed by atoms with Crippen molar-refractivity contribution in [3.63, 3.8) is 0 Å². The third-order valence-corrected chi connectivity index (χ3v) is 5.62. The fourth-order valence-corrected chi connectivity index (χ4v) is 4.13. The van der Waals surface area contributed by atoms with E-state index < -0.39 is 6.09 Å². The molecule has 0 spiro atoms. The van der Waals surface area contributed by atoms with Crippen LogP contribution in [0.25, 0.3) is 0 Å². The van der Waals surface area contributed by atoms with E-state index >= 15 is 0 Å². The van der Waals surface area contributed by atoms with Gasteiger partial charge in [-0.05, 0) is 51.1 Å². The smallest absolute Gasteiger partial charge is 0.407 e. The predicted molar refractivity (Wildman–Crippen MR) is 102 cm³/mol. The molecule has 2 heterocycles. The molecule has 0 aromatic rings. The Kier molecular flexibility index (Phi) is 7.77. The molecule has 2 saturated heterocycles. The first kappa shape index (κ1) is 20.6. The highest BCUT2D eigenvalue weighted by molar-refractivity contribution is 5.78. The monoisotopic (exact) mass is 363 g/mol. The molecule has 6 nitrogen and oxygen atoms in total. The average molecular weight is 364 g/mol. The SMILES string of the molecule is C#CCC1CC(N2CCC(C(=O)NCC(C)C)CC2)CCCN1C(=O)O. The molecule has 2 atom stereocenters. The molecular formula is C20H33N3O3. The number of terminal acetylenes is 1. The van der Waals surface area contributed by atoms with E-state index in [0.29, 0.717) is 24.9 Å². The molecule has 0 radical (unpaired) electrons. The minimum Gasteiger partial charge on any atom is -0.465 e. The number of nitrogens with one attached hydrogen (secondary N) is 1. The van der Waals surface area contributed by atoms with Gasteiger partial charge >= 0.3 is 6.09 Å². The van der Waals surface area contributed by atoms with E-state index in [1.165, 1.54) is 4.90 Å². The molecule has 26 heavy (non-hydrogen) atoms. The van der Waals surface area contributed by atoms with Gasteiger partial charge in [0.15, 0.2) is 0 Å². The standard InChI is InChI=1S/C20H33N3O3/c1-4-6-18-13-17(7-5-10-23(18)20(25)26)22-11-8-16(9-12-22)19(24)21-14-15(2)3/h1,15-18H,5-14H2,2-3H3,(H,21,24)(H,25,26). The van der Waals surface area contributed by atoms with Gasteiger partial charge in [-0.2, -0.15) is 0 Å². The number of rotatable bonds is 5. The number of carbonyl (C=O) groups excluding carboxylic acids is 1. The molecule has 146 valence electrons. The zero-order valence-electron chi connectivity index (χ0n) is 16.1. The number of hydrogen-bond donors (Lipinski definition) is 2. The zero-order chi connectivity index (χ0) is 19.1. The summed E-state index contributed by atoms with van der Waals surface area (Å²) in [5, 5.41) is 12.5. The zero-order valence-corrected chi connectivity index (χ0v) is 16.1. The topological polar surface area (TPSA) is 72.9 Å². The van der Waals surface area contributed by atoms with Gasteiger partial charge < -0.3 is 20.2 Å². The quantitative estimate of drug-likeness (QED) is 0.736. The summed E-state index contributed by atoms with van der Waals surface area (Å²) in [5.74, 6) is 3.40. The Balaban J connectivity index is 1.89. The van der Waals surface area contributed by atoms with Crippen molar-refractivity contribution >= 4 is 12.0 Å². The van der Waals surface area contributed by atoms with Crippen LogP contribution in [0.1, 0.15) is 52.4 Å². The maximum absolute atomic E-state index is 12.3. The molecule has 2 N–H and O–H groups in total. The van der Waals surface area contributed by atoms with Gasteiger partial charge in [0, 0.05) is 37.5 Å². The number of amides is 2. The van der Waals surface area contributed by atoms with Gasteiger partial charge in [0.05, 0.1) is 0 Å². The van der Waals surface area contributed by atoms with E-state index in [2.05, 4.69) is 30.0 Å². The minimum atomic E-state index is -0.869. The van der Waals surface area contributed by atoms with Crippen LogP contribution in [0.4, 0.5) is 4.79 Å². The molecule has 2 rings (SSSR count). The highest BCUT2D eigenvalue weighted by Crippen LogP contribution is 2.27. The number of carboxylic acid groups (broad SMARTS) is 1. The molecular weight excluding hydrogens is 330 g/mol. The van der Waals surface area contributed by atoms with E-state index in [1.807, 2.05) is 0 Å². The van der Waals surface area contributed by atoms with Crippen LogP contribution in [0.3, 0.4) is 0 Å². The van der Waals surface area contributed by atoms with Crippen LogP contribution in [0.15, 0.2) is 0 Å². The molecule has 0 aromatic heterocycles. The largest absolute Gasteiger partial charge is 0.465 e. The first-order valence-electron chi connectivity index (χ1n) is 9.87. The summed E-state index contributed by atoms with van der Waals surface area (Å²) < 4.78 is 0. The fraction of sp³-hybridized carbons (Fsp3) is 0.800. The molecule has 2 aliphatic rings.